The summed E-state index contributed by atoms with van der Waals surface area (Å²) in [5, 5.41) is 14.8. The summed E-state index contributed by atoms with van der Waals surface area (Å²) in [6.07, 6.45) is 2.24. The quantitative estimate of drug-likeness (QED) is 0.326. The van der Waals surface area contributed by atoms with E-state index < -0.39 is 29.5 Å². The lowest BCUT2D eigenvalue weighted by Crippen LogP contribution is -2.43. The largest absolute Gasteiger partial charge is 0.480 e. The molecule has 0 spiro atoms. The van der Waals surface area contributed by atoms with Gasteiger partial charge in [-0.25, -0.2) is 4.79 Å². The number of carboxylic acids is 1. The first-order valence-electron chi connectivity index (χ1n) is 10.9. The zero-order valence-electron chi connectivity index (χ0n) is 18.7. The van der Waals surface area contributed by atoms with Crippen LogP contribution in [0.5, 0.6) is 0 Å². The highest BCUT2D eigenvalue weighted by Crippen LogP contribution is 2.25. The Morgan fingerprint density at radius 1 is 0.971 bits per heavy atom. The van der Waals surface area contributed by atoms with E-state index in [1.54, 1.807) is 12.3 Å². The second-order valence-electron chi connectivity index (χ2n) is 7.82. The topological polar surface area (TPSA) is 126 Å². The minimum absolute atomic E-state index is 0.126. The molecule has 3 aromatic rings. The second-order valence-corrected chi connectivity index (χ2v) is 7.82. The van der Waals surface area contributed by atoms with Gasteiger partial charge in [-0.15, -0.1) is 0 Å². The lowest BCUT2D eigenvalue weighted by Gasteiger charge is -2.22. The molecule has 0 aliphatic rings. The summed E-state index contributed by atoms with van der Waals surface area (Å²) in [5.74, 6) is -1.63. The summed E-state index contributed by atoms with van der Waals surface area (Å²) in [6.45, 7) is 3.93. The Hall–Kier alpha value is -4.33. The number of hydrogen-bond donors (Lipinski definition) is 4. The molecule has 3 rings (SSSR count). The minimum atomic E-state index is -1.18. The number of nitrogens with two attached hydrogens (primary N) is 1. The molecule has 0 saturated carbocycles. The molecule has 0 saturated heterocycles. The number of hydrogen-bond acceptors (Lipinski definition) is 5. The standard InChI is InChI=1S/C26H28N4O4/c1-18(27)28-16-8-15-22(26(33)34)29-24(31)21-14-9-17-30(25(21)32)23(19-10-4-2-5-11-19)20-12-6-3-7-13-20/h2-7,9-14,17,22-23,28H,1,8,15-16,27H2,(H,29,31)(H,33,34). The third-order valence-corrected chi connectivity index (χ3v) is 5.35. The zero-order valence-corrected chi connectivity index (χ0v) is 18.7. The van der Waals surface area contributed by atoms with E-state index in [0.717, 1.165) is 11.1 Å². The average molecular weight is 461 g/mol. The van der Waals surface area contributed by atoms with E-state index in [4.69, 9.17) is 5.73 Å². The van der Waals surface area contributed by atoms with Crippen molar-refractivity contribution < 1.29 is 14.7 Å². The highest BCUT2D eigenvalue weighted by atomic mass is 16.4. The van der Waals surface area contributed by atoms with Crippen LogP contribution in [-0.2, 0) is 4.79 Å². The molecule has 0 fully saturated rings. The van der Waals surface area contributed by atoms with Crippen molar-refractivity contribution in [3.63, 3.8) is 0 Å². The zero-order chi connectivity index (χ0) is 24.5. The Labute approximate surface area is 197 Å². The lowest BCUT2D eigenvalue weighted by molar-refractivity contribution is -0.139. The monoisotopic (exact) mass is 460 g/mol. The van der Waals surface area contributed by atoms with Gasteiger partial charge >= 0.3 is 5.97 Å². The summed E-state index contributed by atoms with van der Waals surface area (Å²) < 4.78 is 1.49. The van der Waals surface area contributed by atoms with Crippen LogP contribution in [0.4, 0.5) is 0 Å². The Bertz CT molecular complexity index is 1150. The van der Waals surface area contributed by atoms with E-state index >= 15 is 0 Å². The third kappa shape index (κ3) is 6.13. The van der Waals surface area contributed by atoms with Gasteiger partial charge in [0.05, 0.1) is 11.9 Å². The Morgan fingerprint density at radius 2 is 1.56 bits per heavy atom. The van der Waals surface area contributed by atoms with Crippen molar-refractivity contribution >= 4 is 11.9 Å². The number of nitrogens with one attached hydrogen (secondary N) is 2. The normalized spacial score (nSPS) is 11.6. The van der Waals surface area contributed by atoms with Gasteiger partial charge in [0.25, 0.3) is 11.5 Å². The van der Waals surface area contributed by atoms with E-state index in [-0.39, 0.29) is 17.8 Å². The number of carboxylic acid groups (broad SMARTS) is 1. The number of carbonyl (C=O) groups excluding carboxylic acids is 1. The second kappa shape index (κ2) is 11.5. The number of benzene rings is 2. The Kier molecular flexibility index (Phi) is 8.23. The van der Waals surface area contributed by atoms with Crippen molar-refractivity contribution in [1.29, 1.82) is 0 Å². The lowest BCUT2D eigenvalue weighted by atomic mass is 9.98. The van der Waals surface area contributed by atoms with Gasteiger partial charge in [0.1, 0.15) is 11.6 Å². The minimum Gasteiger partial charge on any atom is -0.480 e. The maximum Gasteiger partial charge on any atom is 0.326 e. The molecule has 1 unspecified atom stereocenters. The van der Waals surface area contributed by atoms with Gasteiger partial charge in [-0.3, -0.25) is 9.59 Å². The molecule has 5 N–H and O–H groups in total. The maximum absolute atomic E-state index is 13.4. The van der Waals surface area contributed by atoms with E-state index in [1.165, 1.54) is 10.6 Å². The molecule has 0 aliphatic heterocycles. The van der Waals surface area contributed by atoms with Crippen molar-refractivity contribution in [3.8, 4) is 0 Å². The number of aromatic nitrogens is 1. The van der Waals surface area contributed by atoms with Gasteiger partial charge in [-0.2, -0.15) is 0 Å². The average Bonchev–Trinajstić information content (AvgIpc) is 2.83. The molecular weight excluding hydrogens is 432 g/mol. The predicted molar refractivity (Wildman–Crippen MR) is 130 cm³/mol. The van der Waals surface area contributed by atoms with Crippen LogP contribution < -0.4 is 21.9 Å². The Balaban J connectivity index is 1.89. The fourth-order valence-corrected chi connectivity index (χ4v) is 3.72. The maximum atomic E-state index is 13.4. The van der Waals surface area contributed by atoms with Crippen LogP contribution in [0.3, 0.4) is 0 Å². The molecule has 34 heavy (non-hydrogen) atoms. The molecule has 8 heteroatoms. The smallest absolute Gasteiger partial charge is 0.326 e. The SMILES string of the molecule is C=C(N)NCCCC(NC(=O)c1cccn(C(c2ccccc2)c2ccccc2)c1=O)C(=O)O. The number of nitrogens with zero attached hydrogens (tertiary/aromatic N) is 1. The molecule has 176 valence electrons. The van der Waals surface area contributed by atoms with Crippen LogP contribution in [-0.4, -0.2) is 34.1 Å². The van der Waals surface area contributed by atoms with Gasteiger partial charge in [-0.1, -0.05) is 67.2 Å². The van der Waals surface area contributed by atoms with Gasteiger partial charge in [0, 0.05) is 12.7 Å². The summed E-state index contributed by atoms with van der Waals surface area (Å²) in [5.41, 5.74) is 6.56. The van der Waals surface area contributed by atoms with Crippen LogP contribution in [0.15, 0.2) is 96.2 Å². The Morgan fingerprint density at radius 3 is 2.09 bits per heavy atom. The van der Waals surface area contributed by atoms with Crippen molar-refractivity contribution in [3.05, 3.63) is 118 Å². The molecule has 2 aromatic carbocycles. The van der Waals surface area contributed by atoms with Crippen LogP contribution in [0.25, 0.3) is 0 Å². The molecule has 1 atom stereocenters. The molecule has 8 nitrogen and oxygen atoms in total. The number of amides is 1. The summed E-state index contributed by atoms with van der Waals surface area (Å²) in [6, 6.07) is 20.4. The molecule has 1 amide bonds. The molecule has 0 radical (unpaired) electrons. The number of rotatable bonds is 11. The number of pyridine rings is 1. The van der Waals surface area contributed by atoms with Gasteiger partial charge in [0.2, 0.25) is 0 Å². The third-order valence-electron chi connectivity index (χ3n) is 5.35. The van der Waals surface area contributed by atoms with Crippen molar-refractivity contribution in [2.24, 2.45) is 5.73 Å². The van der Waals surface area contributed by atoms with Crippen molar-refractivity contribution in [1.82, 2.24) is 15.2 Å². The van der Waals surface area contributed by atoms with Crippen LogP contribution in [0, 0.1) is 0 Å². The van der Waals surface area contributed by atoms with Crippen molar-refractivity contribution in [2.75, 3.05) is 6.54 Å². The highest BCUT2D eigenvalue weighted by molar-refractivity contribution is 5.96. The van der Waals surface area contributed by atoms with Crippen LogP contribution in [0.1, 0.15) is 40.4 Å². The first-order valence-corrected chi connectivity index (χ1v) is 10.9. The molecule has 1 aromatic heterocycles. The van der Waals surface area contributed by atoms with Crippen LogP contribution >= 0.6 is 0 Å². The first kappa shape index (κ1) is 24.3. The molecule has 0 aliphatic carbocycles. The van der Waals surface area contributed by atoms with Gasteiger partial charge in [0.15, 0.2) is 0 Å². The first-order chi connectivity index (χ1) is 16.4. The van der Waals surface area contributed by atoms with E-state index in [2.05, 4.69) is 17.2 Å². The van der Waals surface area contributed by atoms with Crippen molar-refractivity contribution in [2.45, 2.75) is 24.9 Å². The van der Waals surface area contributed by atoms with Gasteiger partial charge in [-0.05, 0) is 36.1 Å². The van der Waals surface area contributed by atoms with E-state index in [9.17, 15) is 19.5 Å². The molecular formula is C26H28N4O4. The van der Waals surface area contributed by atoms with E-state index in [0.29, 0.717) is 13.0 Å². The fourth-order valence-electron chi connectivity index (χ4n) is 3.72. The summed E-state index contributed by atoms with van der Waals surface area (Å²) in [7, 11) is 0. The number of carbonyl (C=O) groups is 2. The fraction of sp³-hybridized carbons (Fsp3) is 0.192. The molecule has 1 heterocycles. The summed E-state index contributed by atoms with van der Waals surface area (Å²) in [4.78, 5) is 38.0. The van der Waals surface area contributed by atoms with Crippen LogP contribution in [0.2, 0.25) is 0 Å². The highest BCUT2D eigenvalue weighted by Gasteiger charge is 2.24. The number of aliphatic carboxylic acids is 1. The summed E-state index contributed by atoms with van der Waals surface area (Å²) >= 11 is 0. The van der Waals surface area contributed by atoms with Gasteiger partial charge < -0.3 is 26.0 Å². The predicted octanol–water partition coefficient (Wildman–Crippen LogP) is 2.47. The van der Waals surface area contributed by atoms with E-state index in [1.807, 2.05) is 60.7 Å². The molecule has 0 bridgehead atoms.